The molecule has 0 saturated heterocycles. The molecule has 27 heavy (non-hydrogen) atoms. The van der Waals surface area contributed by atoms with Gasteiger partial charge in [0.25, 0.3) is 0 Å². The third-order valence-corrected chi connectivity index (χ3v) is 4.71. The van der Waals surface area contributed by atoms with Crippen LogP contribution in [0.15, 0.2) is 54.6 Å². The lowest BCUT2D eigenvalue weighted by molar-refractivity contribution is 0.209. The molecule has 0 aliphatic carbocycles. The Morgan fingerprint density at radius 1 is 1.11 bits per heavy atom. The number of sulfone groups is 1. The number of carbonyl (C=O) groups excluding carboxylic acids is 1. The van der Waals surface area contributed by atoms with Crippen molar-refractivity contribution in [3.05, 3.63) is 60.2 Å². The molecule has 146 valence electrons. The largest absolute Gasteiger partial charge is 0.492 e. The summed E-state index contributed by atoms with van der Waals surface area (Å²) < 4.78 is 27.8. The lowest BCUT2D eigenvalue weighted by atomic mass is 10.2. The van der Waals surface area contributed by atoms with E-state index in [9.17, 15) is 13.2 Å². The van der Waals surface area contributed by atoms with E-state index >= 15 is 0 Å². The summed E-state index contributed by atoms with van der Waals surface area (Å²) in [5.41, 5.74) is 1.67. The first-order valence-electron chi connectivity index (χ1n) is 8.88. The predicted octanol–water partition coefficient (Wildman–Crippen LogP) is 3.55. The molecule has 0 saturated carbocycles. The predicted molar refractivity (Wildman–Crippen MR) is 108 cm³/mol. The van der Waals surface area contributed by atoms with E-state index in [-0.39, 0.29) is 18.4 Å². The molecule has 0 heterocycles. The van der Waals surface area contributed by atoms with Crippen LogP contribution in [-0.2, 0) is 16.4 Å². The van der Waals surface area contributed by atoms with E-state index in [1.807, 2.05) is 37.3 Å². The Hall–Kier alpha value is -2.54. The summed E-state index contributed by atoms with van der Waals surface area (Å²) in [6.07, 6.45) is 2.02. The molecule has 0 atom stereocenters. The Kier molecular flexibility index (Phi) is 7.67. The van der Waals surface area contributed by atoms with Gasteiger partial charge in [-0.1, -0.05) is 43.3 Å². The molecule has 0 radical (unpaired) electrons. The van der Waals surface area contributed by atoms with Crippen molar-refractivity contribution < 1.29 is 17.9 Å². The molecule has 0 spiro atoms. The third-order valence-electron chi connectivity index (χ3n) is 3.81. The number of rotatable bonds is 9. The monoisotopic (exact) mass is 390 g/mol. The molecule has 1 N–H and O–H groups in total. The first-order chi connectivity index (χ1) is 12.9. The van der Waals surface area contributed by atoms with Gasteiger partial charge in [-0.3, -0.25) is 0 Å². The van der Waals surface area contributed by atoms with Crippen molar-refractivity contribution in [1.82, 2.24) is 4.90 Å². The smallest absolute Gasteiger partial charge is 0.322 e. The van der Waals surface area contributed by atoms with Crippen molar-refractivity contribution in [2.24, 2.45) is 0 Å². The van der Waals surface area contributed by atoms with E-state index in [1.165, 1.54) is 6.26 Å². The summed E-state index contributed by atoms with van der Waals surface area (Å²) in [6, 6.07) is 16.6. The summed E-state index contributed by atoms with van der Waals surface area (Å²) in [5.74, 6) is 0.465. The Morgan fingerprint density at radius 3 is 2.52 bits per heavy atom. The fourth-order valence-corrected chi connectivity index (χ4v) is 2.89. The zero-order valence-electron chi connectivity index (χ0n) is 15.7. The van der Waals surface area contributed by atoms with Gasteiger partial charge in [0.15, 0.2) is 9.84 Å². The summed E-state index contributed by atoms with van der Waals surface area (Å²) >= 11 is 0. The first-order valence-corrected chi connectivity index (χ1v) is 10.9. The van der Waals surface area contributed by atoms with Crippen LogP contribution in [0.25, 0.3) is 0 Å². The fourth-order valence-electron chi connectivity index (χ4n) is 2.50. The number of anilines is 1. The van der Waals surface area contributed by atoms with Crippen LogP contribution in [0.2, 0.25) is 0 Å². The molecular weight excluding hydrogens is 364 g/mol. The quantitative estimate of drug-likeness (QED) is 0.710. The summed E-state index contributed by atoms with van der Waals surface area (Å²) in [7, 11) is -3.07. The van der Waals surface area contributed by atoms with E-state index in [4.69, 9.17) is 4.74 Å². The van der Waals surface area contributed by atoms with Crippen LogP contribution in [0, 0.1) is 0 Å². The average Bonchev–Trinajstić information content (AvgIpc) is 2.61. The highest BCUT2D eigenvalue weighted by Crippen LogP contribution is 2.18. The number of ether oxygens (including phenoxy) is 1. The minimum atomic E-state index is -3.07. The second-order valence-electron chi connectivity index (χ2n) is 6.34. The lowest BCUT2D eigenvalue weighted by Crippen LogP contribution is -2.35. The molecule has 2 aromatic carbocycles. The second kappa shape index (κ2) is 9.97. The maximum Gasteiger partial charge on any atom is 0.322 e. The minimum absolute atomic E-state index is 0.0507. The van der Waals surface area contributed by atoms with Crippen LogP contribution in [0.3, 0.4) is 0 Å². The van der Waals surface area contributed by atoms with Gasteiger partial charge < -0.3 is 15.0 Å². The van der Waals surface area contributed by atoms with E-state index < -0.39 is 9.84 Å². The van der Waals surface area contributed by atoms with Crippen LogP contribution in [-0.4, -0.2) is 44.5 Å². The molecule has 7 heteroatoms. The normalized spacial score (nSPS) is 11.0. The first kappa shape index (κ1) is 20.8. The average molecular weight is 391 g/mol. The van der Waals surface area contributed by atoms with Gasteiger partial charge in [0.1, 0.15) is 12.4 Å². The van der Waals surface area contributed by atoms with Gasteiger partial charge in [0, 0.05) is 31.1 Å². The molecule has 2 aromatic rings. The number of carbonyl (C=O) groups is 1. The summed E-state index contributed by atoms with van der Waals surface area (Å²) in [4.78, 5) is 14.4. The SMILES string of the molecule is CCCN(Cc1ccccc1)C(=O)Nc1cccc(OCCS(C)(=O)=O)c1. The molecule has 0 aromatic heterocycles. The molecule has 2 rings (SSSR count). The molecule has 0 unspecified atom stereocenters. The van der Waals surface area contributed by atoms with Crippen molar-refractivity contribution in [3.8, 4) is 5.75 Å². The van der Waals surface area contributed by atoms with Gasteiger partial charge in [-0.05, 0) is 24.1 Å². The van der Waals surface area contributed by atoms with Crippen LogP contribution < -0.4 is 10.1 Å². The second-order valence-corrected chi connectivity index (χ2v) is 8.60. The van der Waals surface area contributed by atoms with E-state index in [0.717, 1.165) is 12.0 Å². The maximum atomic E-state index is 12.7. The van der Waals surface area contributed by atoms with Crippen molar-refractivity contribution in [2.75, 3.05) is 30.5 Å². The van der Waals surface area contributed by atoms with E-state index in [2.05, 4.69) is 5.32 Å². The molecule has 6 nitrogen and oxygen atoms in total. The number of hydrogen-bond acceptors (Lipinski definition) is 4. The Labute approximate surface area is 161 Å². The van der Waals surface area contributed by atoms with Crippen molar-refractivity contribution in [1.29, 1.82) is 0 Å². The van der Waals surface area contributed by atoms with Gasteiger partial charge in [-0.15, -0.1) is 0 Å². The molecule has 0 fully saturated rings. The highest BCUT2D eigenvalue weighted by Gasteiger charge is 2.13. The number of hydrogen-bond donors (Lipinski definition) is 1. The summed E-state index contributed by atoms with van der Waals surface area (Å²) in [6.45, 7) is 3.28. The fraction of sp³-hybridized carbons (Fsp3) is 0.350. The molecule has 0 aliphatic rings. The van der Waals surface area contributed by atoms with Crippen LogP contribution in [0.5, 0.6) is 5.75 Å². The Morgan fingerprint density at radius 2 is 1.85 bits per heavy atom. The summed E-state index contributed by atoms with van der Waals surface area (Å²) in [5, 5.41) is 2.88. The molecule has 0 bridgehead atoms. The molecular formula is C20H26N2O4S. The van der Waals surface area contributed by atoms with Crippen molar-refractivity contribution in [2.45, 2.75) is 19.9 Å². The zero-order valence-corrected chi connectivity index (χ0v) is 16.5. The van der Waals surface area contributed by atoms with Gasteiger partial charge in [0.05, 0.1) is 5.75 Å². The highest BCUT2D eigenvalue weighted by atomic mass is 32.2. The van der Waals surface area contributed by atoms with Gasteiger partial charge >= 0.3 is 6.03 Å². The van der Waals surface area contributed by atoms with Crippen molar-refractivity contribution in [3.63, 3.8) is 0 Å². The molecule has 2 amide bonds. The van der Waals surface area contributed by atoms with Gasteiger partial charge in [0.2, 0.25) is 0 Å². The number of amides is 2. The standard InChI is InChI=1S/C20H26N2O4S/c1-3-12-22(16-17-8-5-4-6-9-17)20(23)21-18-10-7-11-19(15-18)26-13-14-27(2,24)25/h4-11,15H,3,12-14,16H2,1-2H3,(H,21,23). The maximum absolute atomic E-state index is 12.7. The number of urea groups is 1. The Balaban J connectivity index is 1.98. The topological polar surface area (TPSA) is 75.7 Å². The minimum Gasteiger partial charge on any atom is -0.492 e. The highest BCUT2D eigenvalue weighted by molar-refractivity contribution is 7.90. The number of benzene rings is 2. The third kappa shape index (κ3) is 7.70. The van der Waals surface area contributed by atoms with Crippen LogP contribution in [0.4, 0.5) is 10.5 Å². The number of nitrogens with zero attached hydrogens (tertiary/aromatic N) is 1. The van der Waals surface area contributed by atoms with Crippen LogP contribution >= 0.6 is 0 Å². The lowest BCUT2D eigenvalue weighted by Gasteiger charge is -2.23. The Bertz CT molecular complexity index is 838. The zero-order chi connectivity index (χ0) is 19.7. The van der Waals surface area contributed by atoms with Gasteiger partial charge in [-0.25, -0.2) is 13.2 Å². The van der Waals surface area contributed by atoms with Crippen molar-refractivity contribution >= 4 is 21.6 Å². The van der Waals surface area contributed by atoms with E-state index in [0.29, 0.717) is 24.5 Å². The van der Waals surface area contributed by atoms with Crippen LogP contribution in [0.1, 0.15) is 18.9 Å². The molecule has 0 aliphatic heterocycles. The van der Waals surface area contributed by atoms with E-state index in [1.54, 1.807) is 29.2 Å². The number of nitrogens with one attached hydrogen (secondary N) is 1. The van der Waals surface area contributed by atoms with Gasteiger partial charge in [-0.2, -0.15) is 0 Å².